The summed E-state index contributed by atoms with van der Waals surface area (Å²) < 4.78 is 24.6. The molecule has 8 nitrogen and oxygen atoms in total. The number of nitrogens with two attached hydrogens (primary N) is 1. The molecule has 1 fully saturated rings. The van der Waals surface area contributed by atoms with Crippen LogP contribution >= 0.6 is 11.3 Å². The van der Waals surface area contributed by atoms with Gasteiger partial charge in [-0.05, 0) is 24.4 Å². The molecular formula is C13H20N4O4S2. The quantitative estimate of drug-likeness (QED) is 0.752. The Morgan fingerprint density at radius 3 is 2.70 bits per heavy atom. The van der Waals surface area contributed by atoms with Crippen molar-refractivity contribution in [2.75, 3.05) is 44.3 Å². The van der Waals surface area contributed by atoms with Gasteiger partial charge in [0.25, 0.3) is 5.91 Å². The summed E-state index contributed by atoms with van der Waals surface area (Å²) in [5.41, 5.74) is 5.53. The molecule has 0 aromatic carbocycles. The summed E-state index contributed by atoms with van der Waals surface area (Å²) >= 11 is 1.24. The van der Waals surface area contributed by atoms with Crippen molar-refractivity contribution in [2.45, 2.75) is 6.42 Å². The van der Waals surface area contributed by atoms with Crippen LogP contribution in [-0.2, 0) is 14.8 Å². The fourth-order valence-corrected chi connectivity index (χ4v) is 4.09. The fraction of sp³-hybridized carbons (Fsp3) is 0.538. The molecular weight excluding hydrogens is 340 g/mol. The van der Waals surface area contributed by atoms with E-state index in [0.29, 0.717) is 43.2 Å². The maximum absolute atomic E-state index is 12.1. The summed E-state index contributed by atoms with van der Waals surface area (Å²) in [5.74, 6) is -0.831. The monoisotopic (exact) mass is 360 g/mol. The van der Waals surface area contributed by atoms with Crippen molar-refractivity contribution in [1.29, 1.82) is 0 Å². The summed E-state index contributed by atoms with van der Waals surface area (Å²) in [4.78, 5) is 25.2. The van der Waals surface area contributed by atoms with E-state index in [1.807, 2.05) is 4.90 Å². The lowest BCUT2D eigenvalue weighted by Crippen LogP contribution is -2.37. The maximum Gasteiger partial charge on any atom is 0.251 e. The number of primary amides is 1. The van der Waals surface area contributed by atoms with E-state index in [9.17, 15) is 18.0 Å². The molecule has 0 atom stereocenters. The van der Waals surface area contributed by atoms with Crippen LogP contribution in [0, 0.1) is 0 Å². The van der Waals surface area contributed by atoms with Gasteiger partial charge in [0.2, 0.25) is 15.9 Å². The first-order valence-corrected chi connectivity index (χ1v) is 9.85. The van der Waals surface area contributed by atoms with Gasteiger partial charge in [-0.2, -0.15) is 0 Å². The second-order valence-corrected chi connectivity index (χ2v) is 8.27. The van der Waals surface area contributed by atoms with Crippen molar-refractivity contribution < 1.29 is 18.0 Å². The molecule has 0 bridgehead atoms. The molecule has 2 rings (SSSR count). The van der Waals surface area contributed by atoms with Gasteiger partial charge in [-0.25, -0.2) is 12.7 Å². The predicted molar refractivity (Wildman–Crippen MR) is 88.9 cm³/mol. The Morgan fingerprint density at radius 1 is 1.30 bits per heavy atom. The van der Waals surface area contributed by atoms with E-state index in [0.717, 1.165) is 0 Å². The van der Waals surface area contributed by atoms with Crippen LogP contribution in [0.15, 0.2) is 11.4 Å². The van der Waals surface area contributed by atoms with Gasteiger partial charge in [-0.1, -0.05) is 0 Å². The average Bonchev–Trinajstić information content (AvgIpc) is 2.75. The zero-order valence-corrected chi connectivity index (χ0v) is 14.5. The van der Waals surface area contributed by atoms with Crippen LogP contribution in [0.4, 0.5) is 5.00 Å². The van der Waals surface area contributed by atoms with Crippen molar-refractivity contribution >= 4 is 38.2 Å². The van der Waals surface area contributed by atoms with Crippen LogP contribution in [0.25, 0.3) is 0 Å². The van der Waals surface area contributed by atoms with Crippen LogP contribution in [-0.4, -0.2) is 68.4 Å². The molecule has 10 heteroatoms. The molecule has 1 aromatic rings. The van der Waals surface area contributed by atoms with E-state index in [1.54, 1.807) is 11.4 Å². The Kier molecular flexibility index (Phi) is 5.74. The van der Waals surface area contributed by atoms with Crippen LogP contribution in [0.2, 0.25) is 0 Å². The van der Waals surface area contributed by atoms with Crippen LogP contribution in [0.3, 0.4) is 0 Å². The number of anilines is 1. The van der Waals surface area contributed by atoms with Gasteiger partial charge >= 0.3 is 0 Å². The number of nitrogens with zero attached hydrogens (tertiary/aromatic N) is 2. The molecule has 1 saturated heterocycles. The minimum absolute atomic E-state index is 0.147. The van der Waals surface area contributed by atoms with E-state index < -0.39 is 15.9 Å². The van der Waals surface area contributed by atoms with Gasteiger partial charge in [0.1, 0.15) is 5.00 Å². The van der Waals surface area contributed by atoms with Gasteiger partial charge in [0, 0.05) is 19.6 Å². The number of carbonyl (C=O) groups is 2. The van der Waals surface area contributed by atoms with E-state index in [1.165, 1.54) is 21.9 Å². The SMILES string of the molecule is CS(=O)(=O)N1CCCN(CC(=O)Nc2sccc2C(N)=O)CC1. The molecule has 2 heterocycles. The highest BCUT2D eigenvalue weighted by atomic mass is 32.2. The first kappa shape index (κ1) is 17.9. The van der Waals surface area contributed by atoms with Crippen molar-refractivity contribution in [2.24, 2.45) is 5.73 Å². The van der Waals surface area contributed by atoms with Crippen molar-refractivity contribution in [3.63, 3.8) is 0 Å². The number of hydrogen-bond acceptors (Lipinski definition) is 6. The summed E-state index contributed by atoms with van der Waals surface area (Å²) in [5, 5.41) is 4.81. The lowest BCUT2D eigenvalue weighted by Gasteiger charge is -2.20. The second-order valence-electron chi connectivity index (χ2n) is 5.37. The molecule has 1 aliphatic rings. The largest absolute Gasteiger partial charge is 0.366 e. The van der Waals surface area contributed by atoms with E-state index in [2.05, 4.69) is 5.32 Å². The highest BCUT2D eigenvalue weighted by molar-refractivity contribution is 7.88. The normalized spacial score (nSPS) is 17.6. The Hall–Kier alpha value is -1.49. The molecule has 128 valence electrons. The van der Waals surface area contributed by atoms with E-state index in [4.69, 9.17) is 5.73 Å². The zero-order chi connectivity index (χ0) is 17.0. The van der Waals surface area contributed by atoms with Crippen molar-refractivity contribution in [3.8, 4) is 0 Å². The number of carbonyl (C=O) groups excluding carboxylic acids is 2. The average molecular weight is 360 g/mol. The number of thiophene rings is 1. The lowest BCUT2D eigenvalue weighted by atomic mass is 10.3. The second kappa shape index (κ2) is 7.39. The summed E-state index contributed by atoms with van der Waals surface area (Å²) in [6, 6.07) is 1.57. The number of sulfonamides is 1. The topological polar surface area (TPSA) is 113 Å². The van der Waals surface area contributed by atoms with Crippen LogP contribution in [0.1, 0.15) is 16.8 Å². The highest BCUT2D eigenvalue weighted by Crippen LogP contribution is 2.22. The Balaban J connectivity index is 1.91. The molecule has 0 radical (unpaired) electrons. The van der Waals surface area contributed by atoms with E-state index in [-0.39, 0.29) is 12.5 Å². The molecule has 0 spiro atoms. The van der Waals surface area contributed by atoms with Crippen LogP contribution < -0.4 is 11.1 Å². The number of hydrogen-bond donors (Lipinski definition) is 2. The Morgan fingerprint density at radius 2 is 2.04 bits per heavy atom. The van der Waals surface area contributed by atoms with Gasteiger partial charge in [-0.15, -0.1) is 11.3 Å². The molecule has 0 aliphatic carbocycles. The van der Waals surface area contributed by atoms with Gasteiger partial charge in [0.15, 0.2) is 0 Å². The number of rotatable bonds is 5. The molecule has 2 amide bonds. The van der Waals surface area contributed by atoms with Gasteiger partial charge in [0.05, 0.1) is 18.4 Å². The lowest BCUT2D eigenvalue weighted by molar-refractivity contribution is -0.117. The molecule has 23 heavy (non-hydrogen) atoms. The third-order valence-corrected chi connectivity index (χ3v) is 5.70. The molecule has 1 aromatic heterocycles. The molecule has 3 N–H and O–H groups in total. The standard InChI is InChI=1S/C13H20N4O4S2/c1-23(20,21)17-5-2-4-16(6-7-17)9-11(18)15-13-10(12(14)19)3-8-22-13/h3,8H,2,4-7,9H2,1H3,(H2,14,19)(H,15,18). The molecule has 0 unspecified atom stereocenters. The number of nitrogens with one attached hydrogen (secondary N) is 1. The summed E-state index contributed by atoms with van der Waals surface area (Å²) in [7, 11) is -3.20. The minimum atomic E-state index is -3.20. The van der Waals surface area contributed by atoms with Gasteiger partial charge in [-0.3, -0.25) is 14.5 Å². The molecule has 0 saturated carbocycles. The summed E-state index contributed by atoms with van der Waals surface area (Å²) in [6.45, 7) is 2.12. The minimum Gasteiger partial charge on any atom is -0.366 e. The Bertz CT molecular complexity index is 686. The zero-order valence-electron chi connectivity index (χ0n) is 12.8. The third kappa shape index (κ3) is 4.99. The first-order valence-electron chi connectivity index (χ1n) is 7.12. The third-order valence-electron chi connectivity index (χ3n) is 3.57. The van der Waals surface area contributed by atoms with Crippen molar-refractivity contribution in [1.82, 2.24) is 9.21 Å². The smallest absolute Gasteiger partial charge is 0.251 e. The highest BCUT2D eigenvalue weighted by Gasteiger charge is 2.22. The Labute approximate surface area is 139 Å². The first-order chi connectivity index (χ1) is 10.8. The van der Waals surface area contributed by atoms with Crippen LogP contribution in [0.5, 0.6) is 0 Å². The maximum atomic E-state index is 12.1. The fourth-order valence-electron chi connectivity index (χ4n) is 2.41. The number of amides is 2. The predicted octanol–water partition coefficient (Wildman–Crippen LogP) is -0.247. The summed E-state index contributed by atoms with van der Waals surface area (Å²) in [6.07, 6.45) is 1.86. The van der Waals surface area contributed by atoms with Gasteiger partial charge < -0.3 is 11.1 Å². The molecule has 1 aliphatic heterocycles. The van der Waals surface area contributed by atoms with Crippen molar-refractivity contribution in [3.05, 3.63) is 17.0 Å². The van der Waals surface area contributed by atoms with E-state index >= 15 is 0 Å².